The molecular formula is C18H23F3N2O3. The van der Waals surface area contributed by atoms with Crippen molar-refractivity contribution in [3.63, 3.8) is 0 Å². The van der Waals surface area contributed by atoms with Gasteiger partial charge in [0, 0.05) is 18.7 Å². The average Bonchev–Trinajstić information content (AvgIpc) is 2.53. The number of aliphatic carboxylic acids is 1. The molecule has 0 saturated heterocycles. The number of benzene rings is 1. The summed E-state index contributed by atoms with van der Waals surface area (Å²) in [6.45, 7) is 8.38. The third kappa shape index (κ3) is 6.09. The molecule has 0 aliphatic carbocycles. The smallest absolute Gasteiger partial charge is 0.416 e. The van der Waals surface area contributed by atoms with Crippen LogP contribution >= 0.6 is 0 Å². The van der Waals surface area contributed by atoms with E-state index in [0.29, 0.717) is 18.8 Å². The zero-order valence-corrected chi connectivity index (χ0v) is 14.8. The monoisotopic (exact) mass is 372 g/mol. The number of amides is 1. The first-order valence-electron chi connectivity index (χ1n) is 8.27. The van der Waals surface area contributed by atoms with E-state index in [1.54, 1.807) is 0 Å². The Kier molecular flexibility index (Phi) is 7.67. The first kappa shape index (κ1) is 21.5. The van der Waals surface area contributed by atoms with E-state index >= 15 is 0 Å². The van der Waals surface area contributed by atoms with Gasteiger partial charge in [0.25, 0.3) is 0 Å². The molecule has 26 heavy (non-hydrogen) atoms. The molecule has 0 bridgehead atoms. The minimum absolute atomic E-state index is 0.00455. The minimum atomic E-state index is -4.55. The average molecular weight is 372 g/mol. The van der Waals surface area contributed by atoms with E-state index in [1.165, 1.54) is 6.07 Å². The van der Waals surface area contributed by atoms with E-state index in [1.807, 2.05) is 18.7 Å². The van der Waals surface area contributed by atoms with Crippen molar-refractivity contribution in [1.82, 2.24) is 0 Å². The summed E-state index contributed by atoms with van der Waals surface area (Å²) in [5.41, 5.74) is -0.752. The van der Waals surface area contributed by atoms with Gasteiger partial charge < -0.3 is 15.3 Å². The number of carbonyl (C=O) groups is 2. The molecule has 0 fully saturated rings. The lowest BCUT2D eigenvalue weighted by Gasteiger charge is -2.27. The van der Waals surface area contributed by atoms with Crippen LogP contribution in [0.2, 0.25) is 0 Å². The molecule has 0 heterocycles. The number of nitrogens with one attached hydrogen (secondary N) is 1. The van der Waals surface area contributed by atoms with Gasteiger partial charge in [-0.15, -0.1) is 0 Å². The third-order valence-corrected chi connectivity index (χ3v) is 3.60. The summed E-state index contributed by atoms with van der Waals surface area (Å²) in [6, 6.07) is 3.17. The highest BCUT2D eigenvalue weighted by Crippen LogP contribution is 2.35. The van der Waals surface area contributed by atoms with Crippen LogP contribution in [0.3, 0.4) is 0 Å². The summed E-state index contributed by atoms with van der Waals surface area (Å²) >= 11 is 0. The van der Waals surface area contributed by atoms with Gasteiger partial charge >= 0.3 is 12.1 Å². The molecule has 0 aliphatic heterocycles. The molecular weight excluding hydrogens is 349 g/mol. The zero-order chi connectivity index (χ0) is 19.9. The highest BCUT2D eigenvalue weighted by molar-refractivity contribution is 6.00. The number of nitrogens with zero attached hydrogens (tertiary/aromatic N) is 1. The predicted octanol–water partition coefficient (Wildman–Crippen LogP) is 4.30. The lowest BCUT2D eigenvalue weighted by molar-refractivity contribution is -0.137. The van der Waals surface area contributed by atoms with E-state index in [4.69, 9.17) is 5.11 Å². The van der Waals surface area contributed by atoms with Crippen LogP contribution in [-0.2, 0) is 15.8 Å². The second-order valence-electron chi connectivity index (χ2n) is 5.85. The lowest BCUT2D eigenvalue weighted by atomic mass is 10.1. The lowest BCUT2D eigenvalue weighted by Crippen LogP contribution is -2.27. The Morgan fingerprint density at radius 3 is 2.23 bits per heavy atom. The third-order valence-electron chi connectivity index (χ3n) is 3.60. The van der Waals surface area contributed by atoms with E-state index in [2.05, 4.69) is 11.9 Å². The first-order valence-corrected chi connectivity index (χ1v) is 8.27. The molecule has 1 rings (SSSR count). The highest BCUT2D eigenvalue weighted by Gasteiger charge is 2.31. The van der Waals surface area contributed by atoms with Crippen LogP contribution in [0, 0.1) is 0 Å². The maximum atomic E-state index is 13.0. The molecule has 1 aromatic carbocycles. The Balaban J connectivity index is 3.23. The molecule has 2 N–H and O–H groups in total. The molecule has 0 unspecified atom stereocenters. The summed E-state index contributed by atoms with van der Waals surface area (Å²) in [6.07, 6.45) is -3.50. The second-order valence-corrected chi connectivity index (χ2v) is 5.85. The second kappa shape index (κ2) is 9.26. The van der Waals surface area contributed by atoms with Crippen molar-refractivity contribution in [2.75, 3.05) is 23.3 Å². The van der Waals surface area contributed by atoms with Crippen molar-refractivity contribution in [3.8, 4) is 0 Å². The number of carboxylic acid groups (broad SMARTS) is 1. The van der Waals surface area contributed by atoms with Crippen molar-refractivity contribution in [1.29, 1.82) is 0 Å². The van der Waals surface area contributed by atoms with Gasteiger partial charge in [-0.05, 0) is 31.0 Å². The Morgan fingerprint density at radius 2 is 1.77 bits per heavy atom. The number of hydrogen-bond donors (Lipinski definition) is 2. The van der Waals surface area contributed by atoms with E-state index in [-0.39, 0.29) is 11.3 Å². The molecule has 0 atom stereocenters. The van der Waals surface area contributed by atoms with Crippen LogP contribution in [-0.4, -0.2) is 30.1 Å². The van der Waals surface area contributed by atoms with Gasteiger partial charge in [-0.1, -0.05) is 20.4 Å². The van der Waals surface area contributed by atoms with Crippen LogP contribution in [0.25, 0.3) is 0 Å². The molecule has 5 nitrogen and oxygen atoms in total. The number of anilines is 2. The quantitative estimate of drug-likeness (QED) is 0.634. The number of halogens is 3. The summed E-state index contributed by atoms with van der Waals surface area (Å²) in [5.74, 6) is -2.06. The van der Waals surface area contributed by atoms with E-state index < -0.39 is 30.0 Å². The van der Waals surface area contributed by atoms with Gasteiger partial charge in [0.05, 0.1) is 23.4 Å². The van der Waals surface area contributed by atoms with E-state index in [9.17, 15) is 22.8 Å². The van der Waals surface area contributed by atoms with Crippen molar-refractivity contribution >= 4 is 23.3 Å². The van der Waals surface area contributed by atoms with Crippen molar-refractivity contribution in [2.24, 2.45) is 0 Å². The fraction of sp³-hybridized carbons (Fsp3) is 0.444. The Morgan fingerprint density at radius 1 is 1.19 bits per heavy atom. The fourth-order valence-corrected chi connectivity index (χ4v) is 2.44. The van der Waals surface area contributed by atoms with Crippen LogP contribution < -0.4 is 10.2 Å². The normalized spacial score (nSPS) is 11.1. The Hall–Kier alpha value is -2.51. The number of carbonyl (C=O) groups excluding carboxylic acids is 1. The number of carboxylic acids is 1. The van der Waals surface area contributed by atoms with Gasteiger partial charge in [-0.3, -0.25) is 4.79 Å². The summed E-state index contributed by atoms with van der Waals surface area (Å²) in [7, 11) is 0. The van der Waals surface area contributed by atoms with Gasteiger partial charge in [-0.25, -0.2) is 4.79 Å². The Bertz CT molecular complexity index is 666. The van der Waals surface area contributed by atoms with Crippen LogP contribution in [0.4, 0.5) is 24.5 Å². The van der Waals surface area contributed by atoms with Crippen LogP contribution in [0.15, 0.2) is 30.4 Å². The van der Waals surface area contributed by atoms with Crippen molar-refractivity contribution < 1.29 is 27.9 Å². The SMILES string of the molecule is C=C(CC(=O)Nc1cc(C(F)(F)F)ccc1N(CCC)CCC)C(=O)O. The largest absolute Gasteiger partial charge is 0.478 e. The summed E-state index contributed by atoms with van der Waals surface area (Å²) in [5, 5.41) is 11.2. The highest BCUT2D eigenvalue weighted by atomic mass is 19.4. The molecule has 1 amide bonds. The summed E-state index contributed by atoms with van der Waals surface area (Å²) < 4.78 is 39.1. The maximum absolute atomic E-state index is 13.0. The van der Waals surface area contributed by atoms with Crippen LogP contribution in [0.1, 0.15) is 38.7 Å². The van der Waals surface area contributed by atoms with Gasteiger partial charge in [0.15, 0.2) is 0 Å². The molecule has 0 aliphatic rings. The van der Waals surface area contributed by atoms with Gasteiger partial charge in [0.1, 0.15) is 0 Å². The van der Waals surface area contributed by atoms with Crippen molar-refractivity contribution in [2.45, 2.75) is 39.3 Å². The fourth-order valence-electron chi connectivity index (χ4n) is 2.44. The Labute approximate surface area is 150 Å². The molecule has 0 spiro atoms. The molecule has 8 heteroatoms. The topological polar surface area (TPSA) is 69.6 Å². The minimum Gasteiger partial charge on any atom is -0.478 e. The molecule has 1 aromatic rings. The number of hydrogen-bond acceptors (Lipinski definition) is 3. The molecule has 0 saturated carbocycles. The molecule has 0 aromatic heterocycles. The van der Waals surface area contributed by atoms with Gasteiger partial charge in [-0.2, -0.15) is 13.2 Å². The first-order chi connectivity index (χ1) is 12.1. The number of alkyl halides is 3. The standard InChI is InChI=1S/C18H23F3N2O3/c1-4-8-23(9-5-2)15-7-6-13(18(19,20)21)11-14(15)22-16(24)10-12(3)17(25)26/h6-7,11H,3-5,8-10H2,1-2H3,(H,22,24)(H,25,26). The molecule has 144 valence electrons. The van der Waals surface area contributed by atoms with Crippen LogP contribution in [0.5, 0.6) is 0 Å². The van der Waals surface area contributed by atoms with Gasteiger partial charge in [0.2, 0.25) is 5.91 Å². The maximum Gasteiger partial charge on any atom is 0.416 e. The zero-order valence-electron chi connectivity index (χ0n) is 14.8. The summed E-state index contributed by atoms with van der Waals surface area (Å²) in [4.78, 5) is 24.7. The molecule has 0 radical (unpaired) electrons. The van der Waals surface area contributed by atoms with E-state index in [0.717, 1.165) is 25.0 Å². The predicted molar refractivity (Wildman–Crippen MR) is 94.3 cm³/mol. The number of rotatable bonds is 9. The van der Waals surface area contributed by atoms with Crippen molar-refractivity contribution in [3.05, 3.63) is 35.9 Å².